The number of likely N-dealkylation sites (tertiary alicyclic amines) is 8. The lowest BCUT2D eigenvalue weighted by Crippen LogP contribution is -2.43. The third-order valence-electron chi connectivity index (χ3n) is 16.6. The first-order valence-electron chi connectivity index (χ1n) is 32.1. The number of hydrogen-bond acceptors (Lipinski definition) is 12. The molecule has 20 nitrogen and oxygen atoms in total. The van der Waals surface area contributed by atoms with Crippen LogP contribution in [0.5, 0.6) is 0 Å². The Morgan fingerprint density at radius 2 is 0.238 bits per heavy atom. The number of nitrogens with zero attached hydrogens (tertiary/aromatic N) is 12. The molecule has 0 atom stereocenters. The molecule has 488 valence electrons. The molecule has 84 heavy (non-hydrogen) atoms. The maximum absolute atomic E-state index is 8.98. The molecule has 0 aromatic carbocycles. The fourth-order valence-electron chi connectivity index (χ4n) is 10.9. The van der Waals surface area contributed by atoms with E-state index >= 15 is 0 Å². The van der Waals surface area contributed by atoms with Crippen LogP contribution in [-0.2, 0) is 0 Å². The first kappa shape index (κ1) is 88.0. The van der Waals surface area contributed by atoms with Crippen LogP contribution in [-0.4, -0.2) is 282 Å². The maximum Gasteiger partial charge on any atom is 0.0782 e. The van der Waals surface area contributed by atoms with Gasteiger partial charge in [-0.2, -0.15) is 0 Å². The minimum atomic E-state index is -2.31. The first-order valence-corrected chi connectivity index (χ1v) is 32.1. The zero-order valence-corrected chi connectivity index (χ0v) is 57.2. The van der Waals surface area contributed by atoms with Gasteiger partial charge in [0, 0.05) is 28.5 Å². The predicted molar refractivity (Wildman–Crippen MR) is 331 cm³/mol. The number of rotatable bonds is 0. The Balaban J connectivity index is -0.000000418. The second-order valence-corrected chi connectivity index (χ2v) is 29.4. The van der Waals surface area contributed by atoms with Gasteiger partial charge in [0.2, 0.25) is 0 Å². The molecule has 0 amide bonds. The first-order chi connectivity index (χ1) is 38.7. The Bertz CT molecular complexity index is 1350. The van der Waals surface area contributed by atoms with Gasteiger partial charge < -0.3 is 76.1 Å². The van der Waals surface area contributed by atoms with Crippen LogP contribution in [0.4, 0.5) is 0 Å². The highest BCUT2D eigenvalue weighted by atomic mass is 16.4. The average molecular weight is 1190 g/mol. The second-order valence-electron chi connectivity index (χ2n) is 29.4. The van der Waals surface area contributed by atoms with Gasteiger partial charge in [-0.3, -0.25) is 0 Å². The van der Waals surface area contributed by atoms with Gasteiger partial charge in [0.25, 0.3) is 0 Å². The van der Waals surface area contributed by atoms with E-state index in [2.05, 4.69) is 113 Å². The average Bonchev–Trinajstić information content (AvgIpc) is 3.43. The van der Waals surface area contributed by atoms with Gasteiger partial charge >= 0.3 is 0 Å². The molecule has 8 saturated heterocycles. The fraction of sp³-hybridized carbons (Fsp3) is 0.933. The van der Waals surface area contributed by atoms with Crippen LogP contribution in [0.1, 0.15) is 154 Å². The summed E-state index contributed by atoms with van der Waals surface area (Å²) in [5, 5.41) is 101. The molecule has 0 N–H and O–H groups in total. The lowest BCUT2D eigenvalue weighted by Gasteiger charge is -2.33. The van der Waals surface area contributed by atoms with Gasteiger partial charge in [0.1, 0.15) is 0 Å². The van der Waals surface area contributed by atoms with Crippen LogP contribution in [0.3, 0.4) is 0 Å². The molecule has 24 heteroatoms. The Labute approximate surface area is 519 Å². The monoisotopic (exact) mass is 1190 g/mol. The van der Waals surface area contributed by atoms with Crippen molar-refractivity contribution in [2.24, 2.45) is 0 Å². The van der Waals surface area contributed by atoms with Gasteiger partial charge in [0.15, 0.2) is 0 Å². The second kappa shape index (κ2) is 49.5. The molecular weight excluding hydrogens is 1060 g/mol. The molecule has 0 bridgehead atoms. The quantitative estimate of drug-likeness (QED) is 0.209. The van der Waals surface area contributed by atoms with Crippen LogP contribution in [0.25, 0.3) is 0 Å². The van der Waals surface area contributed by atoms with E-state index in [9.17, 15) is 0 Å². The van der Waals surface area contributed by atoms with Gasteiger partial charge in [-0.15, -0.1) is 0 Å². The molecule has 8 aliphatic heterocycles. The van der Waals surface area contributed by atoms with E-state index in [0.29, 0.717) is 0 Å². The molecule has 0 saturated carbocycles. The zero-order chi connectivity index (χ0) is 65.4. The highest BCUT2D eigenvalue weighted by molar-refractivity contribution is 6.47. The molecule has 8 heterocycles. The molecule has 8 rings (SSSR count). The Morgan fingerprint density at radius 3 is 0.262 bits per heavy atom. The summed E-state index contributed by atoms with van der Waals surface area (Å²) in [7, 11) is 27.9. The van der Waals surface area contributed by atoms with Crippen molar-refractivity contribution in [1.82, 2.24) is 0 Å². The van der Waals surface area contributed by atoms with Gasteiger partial charge in [-0.25, -0.2) is 21.0 Å². The SMILES string of the molecule is C[N+]1(C)CCCCC1.C[N+]1(C)CCCCC1.C[N+]1(C)CCCCC1.C[N+]1(C)CCCCC1.C[N+]1(C)CCCCC1.C[N+]1(C)CCCCC1.C[N+]1(C)CCCCC1.C[N+]1(C)CCCCC1.N#CB([O-])[O-].N#CB([O-])[O-].N#CB([O-])[O-].N#CB([O-])[O-]. The van der Waals surface area contributed by atoms with E-state index in [-0.39, 0.29) is 0 Å². The molecular formula is C60H128B4N12O8. The van der Waals surface area contributed by atoms with Gasteiger partial charge in [-0.1, -0.05) is 0 Å². The van der Waals surface area contributed by atoms with E-state index in [1.54, 1.807) is 0 Å². The molecule has 0 radical (unpaired) electrons. The van der Waals surface area contributed by atoms with Crippen molar-refractivity contribution in [3.05, 3.63) is 0 Å². The standard InChI is InChI=1S/8C7H16N.4CBNO2/c8*1-8(2)6-4-3-5-7-8;4*3-1-2(4)5/h8*3-7H2,1-2H3;;;;/q8*+1;4*-2. The summed E-state index contributed by atoms with van der Waals surface area (Å²) in [4.78, 5) is 0. The highest BCUT2D eigenvalue weighted by Gasteiger charge is 2.22. The summed E-state index contributed by atoms with van der Waals surface area (Å²) in [6.07, 6.45) is 34.7. The summed E-state index contributed by atoms with van der Waals surface area (Å²) in [6, 6.07) is 0. The Kier molecular flexibility index (Phi) is 51.8. The van der Waals surface area contributed by atoms with Crippen molar-refractivity contribution >= 4 is 28.5 Å². The lowest BCUT2D eigenvalue weighted by atomic mass is 9.97. The van der Waals surface area contributed by atoms with Crippen molar-refractivity contribution in [2.45, 2.75) is 154 Å². The van der Waals surface area contributed by atoms with Gasteiger partial charge in [-0.05, 0) is 178 Å². The van der Waals surface area contributed by atoms with Crippen LogP contribution in [0, 0.1) is 44.9 Å². The third-order valence-corrected chi connectivity index (χ3v) is 16.6. The van der Waals surface area contributed by atoms with Crippen molar-refractivity contribution in [3.63, 3.8) is 0 Å². The van der Waals surface area contributed by atoms with Crippen molar-refractivity contribution in [1.29, 1.82) is 21.0 Å². The van der Waals surface area contributed by atoms with E-state index < -0.39 is 28.5 Å². The van der Waals surface area contributed by atoms with Gasteiger partial charge in [0.05, 0.1) is 217 Å². The van der Waals surface area contributed by atoms with E-state index in [1.165, 1.54) is 295 Å². The summed E-state index contributed by atoms with van der Waals surface area (Å²) in [5.74, 6) is 3.67. The van der Waals surface area contributed by atoms with Crippen molar-refractivity contribution in [2.75, 3.05) is 217 Å². The summed E-state index contributed by atoms with van der Waals surface area (Å²) in [5.41, 5.74) is 0. The van der Waals surface area contributed by atoms with Crippen molar-refractivity contribution < 1.29 is 76.1 Å². The number of hydrogen-bond donors (Lipinski definition) is 0. The Hall–Kier alpha value is -2.42. The third kappa shape index (κ3) is 67.1. The fourth-order valence-corrected chi connectivity index (χ4v) is 10.9. The summed E-state index contributed by atoms with van der Waals surface area (Å²) in [6.45, 7) is 22.2. The van der Waals surface area contributed by atoms with Crippen molar-refractivity contribution in [3.8, 4) is 23.9 Å². The Morgan fingerprint density at radius 1 is 0.179 bits per heavy atom. The molecule has 0 aromatic rings. The van der Waals surface area contributed by atoms with Crippen LogP contribution in [0.15, 0.2) is 0 Å². The molecule has 0 unspecified atom stereocenters. The predicted octanol–water partition coefficient (Wildman–Crippen LogP) is -0.994. The maximum atomic E-state index is 8.98. The lowest BCUT2D eigenvalue weighted by molar-refractivity contribution is -0.894. The minimum absolute atomic E-state index is 0.917. The topological polar surface area (TPSA) is 280 Å². The zero-order valence-electron chi connectivity index (χ0n) is 57.2. The van der Waals surface area contributed by atoms with E-state index in [0.717, 1.165) is 23.9 Å². The van der Waals surface area contributed by atoms with Crippen LogP contribution >= 0.6 is 0 Å². The smallest absolute Gasteiger partial charge is 0.0782 e. The molecule has 0 spiro atoms. The molecule has 0 aliphatic carbocycles. The molecule has 8 fully saturated rings. The highest BCUT2D eigenvalue weighted by Crippen LogP contribution is 2.17. The van der Waals surface area contributed by atoms with E-state index in [1.807, 2.05) is 0 Å². The number of piperidine rings is 8. The van der Waals surface area contributed by atoms with Crippen LogP contribution < -0.4 is 40.2 Å². The minimum Gasteiger partial charge on any atom is -0.881 e. The number of quaternary nitrogens is 8. The van der Waals surface area contributed by atoms with E-state index in [4.69, 9.17) is 61.2 Å². The summed E-state index contributed by atoms with van der Waals surface area (Å²) < 4.78 is 10.0. The van der Waals surface area contributed by atoms with Crippen LogP contribution in [0.2, 0.25) is 0 Å². The molecule has 8 aliphatic rings. The largest absolute Gasteiger partial charge is 0.881 e. The summed E-state index contributed by atoms with van der Waals surface area (Å²) >= 11 is 0. The number of nitriles is 4. The normalized spacial score (nSPS) is 22.5. The molecule has 0 aromatic heterocycles.